The van der Waals surface area contributed by atoms with Crippen LogP contribution in [0.4, 0.5) is 0 Å². The minimum atomic E-state index is -1.45. The largest absolute Gasteiger partial charge is 0.462 e. The number of aryl methyl sites for hydroxylation is 3. The highest BCUT2D eigenvalue weighted by molar-refractivity contribution is 5.97. The summed E-state index contributed by atoms with van der Waals surface area (Å²) in [6.07, 6.45) is -1.22. The van der Waals surface area contributed by atoms with Gasteiger partial charge in [-0.25, -0.2) is 0 Å². The molecule has 0 aliphatic rings. The van der Waals surface area contributed by atoms with Crippen LogP contribution in [0.3, 0.4) is 0 Å². The number of esters is 2. The summed E-state index contributed by atoms with van der Waals surface area (Å²) in [5, 5.41) is 0. The molecular formula is C31H43NO6. The Balaban J connectivity index is 2.73. The topological polar surface area (TPSA) is 91.8 Å². The van der Waals surface area contributed by atoms with Crippen molar-refractivity contribution < 1.29 is 28.6 Å². The van der Waals surface area contributed by atoms with E-state index >= 15 is 0 Å². The first-order valence-electron chi connectivity index (χ1n) is 13.5. The zero-order valence-corrected chi connectivity index (χ0v) is 24.3. The van der Waals surface area contributed by atoms with Crippen LogP contribution in [0.1, 0.15) is 82.7 Å². The molecule has 2 atom stereocenters. The third-order valence-corrected chi connectivity index (χ3v) is 6.09. The molecule has 0 fully saturated rings. The van der Waals surface area contributed by atoms with Crippen molar-refractivity contribution in [3.05, 3.63) is 52.7 Å². The summed E-state index contributed by atoms with van der Waals surface area (Å²) in [6, 6.07) is 9.70. The maximum absolute atomic E-state index is 13.7. The SMILES string of the molecule is CCCC(=O)C(c1cccc(-c2c(C)cc(C)cc2C)n1)C(OCC)C(C(=O)OC(C)C)C(=O)OC(C)C. The van der Waals surface area contributed by atoms with Crippen molar-refractivity contribution in [3.63, 3.8) is 0 Å². The molecule has 7 heteroatoms. The van der Waals surface area contributed by atoms with Crippen molar-refractivity contribution in [1.82, 2.24) is 4.98 Å². The Morgan fingerprint density at radius 1 is 0.868 bits per heavy atom. The monoisotopic (exact) mass is 525 g/mol. The van der Waals surface area contributed by atoms with Crippen LogP contribution in [0.5, 0.6) is 0 Å². The van der Waals surface area contributed by atoms with E-state index in [1.165, 1.54) is 0 Å². The minimum absolute atomic E-state index is 0.160. The number of carbonyl (C=O) groups is 3. The number of hydrogen-bond acceptors (Lipinski definition) is 7. The maximum Gasteiger partial charge on any atom is 0.323 e. The summed E-state index contributed by atoms with van der Waals surface area (Å²) < 4.78 is 16.9. The van der Waals surface area contributed by atoms with E-state index < -0.39 is 42.1 Å². The van der Waals surface area contributed by atoms with Gasteiger partial charge in [-0.15, -0.1) is 0 Å². The molecule has 1 heterocycles. The highest BCUT2D eigenvalue weighted by Crippen LogP contribution is 2.34. The average molecular weight is 526 g/mol. The van der Waals surface area contributed by atoms with E-state index in [0.29, 0.717) is 17.8 Å². The number of ketones is 1. The zero-order valence-electron chi connectivity index (χ0n) is 24.3. The number of hydrogen-bond donors (Lipinski definition) is 0. The van der Waals surface area contributed by atoms with Gasteiger partial charge >= 0.3 is 11.9 Å². The van der Waals surface area contributed by atoms with E-state index in [1.807, 2.05) is 39.8 Å². The summed E-state index contributed by atoms with van der Waals surface area (Å²) >= 11 is 0. The molecule has 0 saturated heterocycles. The fourth-order valence-corrected chi connectivity index (χ4v) is 4.82. The van der Waals surface area contributed by atoms with Crippen molar-refractivity contribution in [1.29, 1.82) is 0 Å². The van der Waals surface area contributed by atoms with E-state index in [9.17, 15) is 14.4 Å². The van der Waals surface area contributed by atoms with Gasteiger partial charge in [-0.1, -0.05) is 30.7 Å². The molecule has 0 radical (unpaired) electrons. The first-order chi connectivity index (χ1) is 17.9. The van der Waals surface area contributed by atoms with Crippen LogP contribution in [-0.4, -0.2) is 47.6 Å². The summed E-state index contributed by atoms with van der Waals surface area (Å²) in [7, 11) is 0. The molecule has 0 aliphatic carbocycles. The van der Waals surface area contributed by atoms with Crippen LogP contribution in [0.2, 0.25) is 0 Å². The fourth-order valence-electron chi connectivity index (χ4n) is 4.82. The highest BCUT2D eigenvalue weighted by Gasteiger charge is 2.46. The number of ether oxygens (including phenoxy) is 3. The second-order valence-electron chi connectivity index (χ2n) is 10.3. The molecule has 38 heavy (non-hydrogen) atoms. The van der Waals surface area contributed by atoms with Crippen molar-refractivity contribution >= 4 is 17.7 Å². The molecule has 0 amide bonds. The molecule has 0 N–H and O–H groups in total. The molecule has 7 nitrogen and oxygen atoms in total. The van der Waals surface area contributed by atoms with Crippen LogP contribution >= 0.6 is 0 Å². The molecule has 2 aromatic rings. The van der Waals surface area contributed by atoms with E-state index in [2.05, 4.69) is 12.1 Å². The minimum Gasteiger partial charge on any atom is -0.462 e. The van der Waals surface area contributed by atoms with Gasteiger partial charge in [-0.2, -0.15) is 0 Å². The molecule has 1 aromatic heterocycles. The van der Waals surface area contributed by atoms with Gasteiger partial charge < -0.3 is 14.2 Å². The number of carbonyl (C=O) groups excluding carboxylic acids is 3. The summed E-state index contributed by atoms with van der Waals surface area (Å²) in [6.45, 7) is 16.8. The summed E-state index contributed by atoms with van der Waals surface area (Å²) in [5.74, 6) is -4.13. The highest BCUT2D eigenvalue weighted by atomic mass is 16.6. The van der Waals surface area contributed by atoms with Gasteiger partial charge in [0, 0.05) is 18.6 Å². The van der Waals surface area contributed by atoms with E-state index in [0.717, 1.165) is 22.3 Å². The van der Waals surface area contributed by atoms with Crippen molar-refractivity contribution in [2.45, 2.75) is 99.4 Å². The predicted molar refractivity (Wildman–Crippen MR) is 148 cm³/mol. The summed E-state index contributed by atoms with van der Waals surface area (Å²) in [4.78, 5) is 45.1. The van der Waals surface area contributed by atoms with Gasteiger partial charge in [0.15, 0.2) is 5.92 Å². The van der Waals surface area contributed by atoms with Crippen molar-refractivity contribution in [3.8, 4) is 11.3 Å². The van der Waals surface area contributed by atoms with E-state index in [-0.39, 0.29) is 18.8 Å². The number of benzene rings is 1. The van der Waals surface area contributed by atoms with Gasteiger partial charge in [0.05, 0.1) is 35.6 Å². The standard InChI is InChI=1S/C31H43NO6/c1-10-13-25(33)27(24-15-12-14-23(32-24)26-21(8)16-20(7)17-22(26)9)29(36-11-2)28(30(34)37-18(3)4)31(35)38-19(5)6/h12,14-19,27-29H,10-11,13H2,1-9H3. The van der Waals surface area contributed by atoms with Crippen molar-refractivity contribution in [2.24, 2.45) is 5.92 Å². The molecule has 1 aromatic carbocycles. The van der Waals surface area contributed by atoms with Gasteiger partial charge in [0.2, 0.25) is 0 Å². The fraction of sp³-hybridized carbons (Fsp3) is 0.548. The second-order valence-corrected chi connectivity index (χ2v) is 10.3. The molecule has 0 bridgehead atoms. The van der Waals surface area contributed by atoms with Gasteiger partial charge in [0.25, 0.3) is 0 Å². The third-order valence-electron chi connectivity index (χ3n) is 6.09. The molecule has 0 aliphatic heterocycles. The number of Topliss-reactive ketones (excluding diaryl/α,β-unsaturated/α-hetero) is 1. The Morgan fingerprint density at radius 3 is 1.89 bits per heavy atom. The number of rotatable bonds is 13. The number of nitrogens with zero attached hydrogens (tertiary/aromatic N) is 1. The van der Waals surface area contributed by atoms with Gasteiger partial charge in [-0.3, -0.25) is 19.4 Å². The van der Waals surface area contributed by atoms with E-state index in [1.54, 1.807) is 40.7 Å². The lowest BCUT2D eigenvalue weighted by Crippen LogP contribution is -2.46. The van der Waals surface area contributed by atoms with Crippen LogP contribution in [0.25, 0.3) is 11.3 Å². The molecule has 2 unspecified atom stereocenters. The lowest BCUT2D eigenvalue weighted by Gasteiger charge is -2.31. The summed E-state index contributed by atoms with van der Waals surface area (Å²) in [5.41, 5.74) is 5.45. The molecule has 0 spiro atoms. The van der Waals surface area contributed by atoms with E-state index in [4.69, 9.17) is 19.2 Å². The van der Waals surface area contributed by atoms with Crippen LogP contribution in [-0.2, 0) is 28.6 Å². The van der Waals surface area contributed by atoms with Gasteiger partial charge in [-0.05, 0) is 85.1 Å². The molecule has 0 saturated carbocycles. The normalized spacial score (nSPS) is 13.1. The van der Waals surface area contributed by atoms with Crippen LogP contribution in [0, 0.1) is 26.7 Å². The average Bonchev–Trinajstić information content (AvgIpc) is 2.78. The lowest BCUT2D eigenvalue weighted by atomic mass is 9.83. The van der Waals surface area contributed by atoms with Crippen LogP contribution < -0.4 is 0 Å². The Bertz CT molecular complexity index is 1080. The van der Waals surface area contributed by atoms with Crippen LogP contribution in [0.15, 0.2) is 30.3 Å². The molecule has 208 valence electrons. The molecule has 2 rings (SSSR count). The quantitative estimate of drug-likeness (QED) is 0.232. The van der Waals surface area contributed by atoms with Crippen molar-refractivity contribution in [2.75, 3.05) is 6.61 Å². The zero-order chi connectivity index (χ0) is 28.6. The lowest BCUT2D eigenvalue weighted by molar-refractivity contribution is -0.175. The van der Waals surface area contributed by atoms with Gasteiger partial charge in [0.1, 0.15) is 5.78 Å². The second kappa shape index (κ2) is 14.2. The number of pyridine rings is 1. The number of aromatic nitrogens is 1. The Hall–Kier alpha value is -3.06. The maximum atomic E-state index is 13.7. The first-order valence-corrected chi connectivity index (χ1v) is 13.5. The first kappa shape index (κ1) is 31.2. The smallest absolute Gasteiger partial charge is 0.323 e. The Morgan fingerprint density at radius 2 is 1.42 bits per heavy atom. The predicted octanol–water partition coefficient (Wildman–Crippen LogP) is 6.05. The Labute approximate surface area is 227 Å². The Kier molecular flexibility index (Phi) is 11.6. The third kappa shape index (κ3) is 7.97. The molecular weight excluding hydrogens is 482 g/mol.